The molecule has 0 radical (unpaired) electrons. The van der Waals surface area contributed by atoms with Crippen molar-refractivity contribution in [1.82, 2.24) is 0 Å². The minimum absolute atomic E-state index is 0.0886. The summed E-state index contributed by atoms with van der Waals surface area (Å²) in [4.78, 5) is 3.41. The Balaban J connectivity index is 1.97. The second-order valence-corrected chi connectivity index (χ2v) is 6.73. The summed E-state index contributed by atoms with van der Waals surface area (Å²) >= 11 is 1.66. The van der Waals surface area contributed by atoms with Gasteiger partial charge in [-0.25, -0.2) is 0 Å². The van der Waals surface area contributed by atoms with Gasteiger partial charge in [0.1, 0.15) is 5.75 Å². The number of phenolic OH excluding ortho intramolecular Hbond substituents is 1. The van der Waals surface area contributed by atoms with Crippen molar-refractivity contribution in [3.8, 4) is 5.75 Å². The van der Waals surface area contributed by atoms with E-state index in [0.717, 1.165) is 35.5 Å². The molecule has 0 spiro atoms. The van der Waals surface area contributed by atoms with Gasteiger partial charge in [-0.1, -0.05) is 18.2 Å². The molecule has 0 aliphatic carbocycles. The number of anilines is 1. The Morgan fingerprint density at radius 2 is 1.91 bits per heavy atom. The van der Waals surface area contributed by atoms with E-state index < -0.39 is 0 Å². The maximum atomic E-state index is 10.4. The molecule has 23 heavy (non-hydrogen) atoms. The molecular weight excluding hydrogens is 304 g/mol. The van der Waals surface area contributed by atoms with Gasteiger partial charge in [0.25, 0.3) is 0 Å². The van der Waals surface area contributed by atoms with Crippen LogP contribution in [0.1, 0.15) is 25.0 Å². The number of aromatic hydroxyl groups is 1. The molecule has 1 unspecified atom stereocenters. The lowest BCUT2D eigenvalue weighted by Crippen LogP contribution is -2.21. The van der Waals surface area contributed by atoms with Gasteiger partial charge in [-0.05, 0) is 49.3 Å². The molecule has 1 heterocycles. The molecule has 0 saturated carbocycles. The number of hydrogen-bond acceptors (Lipinski definition) is 4. The van der Waals surface area contributed by atoms with Crippen LogP contribution < -0.4 is 10.6 Å². The number of hydrogen-bond donors (Lipinski definition) is 2. The number of nitrogens with zero attached hydrogens (tertiary/aromatic N) is 1. The Bertz CT molecular complexity index is 738. The maximum absolute atomic E-state index is 10.4. The Morgan fingerprint density at radius 3 is 2.61 bits per heavy atom. The lowest BCUT2D eigenvalue weighted by atomic mass is 10.0. The fraction of sp³-hybridized carbons (Fsp3) is 0.263. The van der Waals surface area contributed by atoms with Gasteiger partial charge < -0.3 is 15.7 Å². The molecule has 0 aromatic heterocycles. The summed E-state index contributed by atoms with van der Waals surface area (Å²) in [5.41, 5.74) is 10.3. The van der Waals surface area contributed by atoms with Crippen LogP contribution in [0.5, 0.6) is 5.75 Å². The lowest BCUT2D eigenvalue weighted by molar-refractivity contribution is 0.474. The van der Waals surface area contributed by atoms with Crippen molar-refractivity contribution in [3.05, 3.63) is 53.6 Å². The van der Waals surface area contributed by atoms with Crippen molar-refractivity contribution in [3.63, 3.8) is 0 Å². The summed E-state index contributed by atoms with van der Waals surface area (Å²) in [6.07, 6.45) is 2.00. The van der Waals surface area contributed by atoms with Gasteiger partial charge in [-0.15, -0.1) is 11.8 Å². The van der Waals surface area contributed by atoms with Crippen LogP contribution in [0.3, 0.4) is 0 Å². The Hall–Kier alpha value is -1.91. The van der Waals surface area contributed by atoms with Gasteiger partial charge in [0.2, 0.25) is 0 Å². The maximum Gasteiger partial charge on any atom is 0.124 e. The summed E-state index contributed by atoms with van der Waals surface area (Å²) < 4.78 is 0. The third-order valence-electron chi connectivity index (χ3n) is 4.21. The largest absolute Gasteiger partial charge is 0.507 e. The predicted molar refractivity (Wildman–Crippen MR) is 99.8 cm³/mol. The van der Waals surface area contributed by atoms with E-state index in [9.17, 15) is 5.11 Å². The summed E-state index contributed by atoms with van der Waals surface area (Å²) in [5.74, 6) is 0.295. The van der Waals surface area contributed by atoms with Gasteiger partial charge >= 0.3 is 0 Å². The van der Waals surface area contributed by atoms with Crippen LogP contribution in [0.25, 0.3) is 11.6 Å². The summed E-state index contributed by atoms with van der Waals surface area (Å²) in [6.45, 7) is 6.07. The van der Waals surface area contributed by atoms with Crippen molar-refractivity contribution in [2.75, 3.05) is 18.0 Å². The standard InChI is InChI=1S/C19H22N2OS/c1-3-21(4-2)14-10-9-13(17(22)12-14)11-16-15-7-5-6-8-18(15)23-19(16)20/h5-12,19,22H,3-4,20H2,1-2H3. The number of fused-ring (bicyclic) bond motifs is 1. The molecule has 3 N–H and O–H groups in total. The zero-order valence-corrected chi connectivity index (χ0v) is 14.3. The van der Waals surface area contributed by atoms with Crippen LogP contribution in [0, 0.1) is 0 Å². The first-order valence-electron chi connectivity index (χ1n) is 7.95. The Labute approximate surface area is 141 Å². The molecule has 3 nitrogen and oxygen atoms in total. The molecule has 2 aromatic carbocycles. The zero-order valence-electron chi connectivity index (χ0n) is 13.5. The van der Waals surface area contributed by atoms with Crippen molar-refractivity contribution < 1.29 is 5.11 Å². The first kappa shape index (κ1) is 16.0. The highest BCUT2D eigenvalue weighted by Crippen LogP contribution is 2.43. The number of rotatable bonds is 4. The minimum Gasteiger partial charge on any atom is -0.507 e. The van der Waals surface area contributed by atoms with E-state index in [4.69, 9.17) is 5.73 Å². The molecule has 120 valence electrons. The van der Waals surface area contributed by atoms with Crippen molar-refractivity contribution in [2.45, 2.75) is 24.1 Å². The topological polar surface area (TPSA) is 49.5 Å². The van der Waals surface area contributed by atoms with Gasteiger partial charge in [0, 0.05) is 35.3 Å². The van der Waals surface area contributed by atoms with Gasteiger partial charge in [0.05, 0.1) is 5.37 Å². The predicted octanol–water partition coefficient (Wildman–Crippen LogP) is 4.17. The van der Waals surface area contributed by atoms with E-state index in [2.05, 4.69) is 36.9 Å². The van der Waals surface area contributed by atoms with Crippen LogP contribution in [-0.4, -0.2) is 23.6 Å². The van der Waals surface area contributed by atoms with Gasteiger partial charge in [0.15, 0.2) is 0 Å². The molecule has 2 aromatic rings. The number of nitrogens with two attached hydrogens (primary N) is 1. The van der Waals surface area contributed by atoms with Crippen molar-refractivity contribution >= 4 is 29.1 Å². The van der Waals surface area contributed by atoms with Gasteiger partial charge in [-0.3, -0.25) is 0 Å². The molecular formula is C19H22N2OS. The monoisotopic (exact) mass is 326 g/mol. The van der Waals surface area contributed by atoms with Crippen LogP contribution in [0.2, 0.25) is 0 Å². The van der Waals surface area contributed by atoms with E-state index >= 15 is 0 Å². The molecule has 0 amide bonds. The highest BCUT2D eigenvalue weighted by Gasteiger charge is 2.24. The van der Waals surface area contributed by atoms with E-state index in [1.807, 2.05) is 30.3 Å². The van der Waals surface area contributed by atoms with Crippen molar-refractivity contribution in [1.29, 1.82) is 0 Å². The first-order valence-corrected chi connectivity index (χ1v) is 8.83. The molecule has 1 aliphatic rings. The average molecular weight is 326 g/mol. The lowest BCUT2D eigenvalue weighted by Gasteiger charge is -2.21. The zero-order chi connectivity index (χ0) is 16.4. The van der Waals surface area contributed by atoms with Crippen molar-refractivity contribution in [2.24, 2.45) is 5.73 Å². The third kappa shape index (κ3) is 3.09. The fourth-order valence-electron chi connectivity index (χ4n) is 2.93. The Morgan fingerprint density at radius 1 is 1.17 bits per heavy atom. The summed E-state index contributed by atoms with van der Waals surface area (Å²) in [7, 11) is 0. The van der Waals surface area contributed by atoms with E-state index in [1.165, 1.54) is 4.90 Å². The van der Waals surface area contributed by atoms with Crippen LogP contribution in [0.15, 0.2) is 47.4 Å². The Kier molecular flexibility index (Phi) is 4.64. The van der Waals surface area contributed by atoms with Gasteiger partial charge in [-0.2, -0.15) is 0 Å². The summed E-state index contributed by atoms with van der Waals surface area (Å²) in [5, 5.41) is 10.3. The summed E-state index contributed by atoms with van der Waals surface area (Å²) in [6, 6.07) is 14.1. The number of benzene rings is 2. The second kappa shape index (κ2) is 6.69. The fourth-order valence-corrected chi connectivity index (χ4v) is 3.99. The van der Waals surface area contributed by atoms with E-state index in [0.29, 0.717) is 5.75 Å². The molecule has 0 saturated heterocycles. The molecule has 3 rings (SSSR count). The normalized spacial score (nSPS) is 18.2. The SMILES string of the molecule is CCN(CC)c1ccc(C=C2c3ccccc3SC2N)c(O)c1. The minimum atomic E-state index is -0.0886. The average Bonchev–Trinajstić information content (AvgIpc) is 2.87. The highest BCUT2D eigenvalue weighted by molar-refractivity contribution is 8.00. The van der Waals surface area contributed by atoms with Crippen LogP contribution in [0.4, 0.5) is 5.69 Å². The molecule has 1 atom stereocenters. The highest BCUT2D eigenvalue weighted by atomic mass is 32.2. The van der Waals surface area contributed by atoms with E-state index in [-0.39, 0.29) is 5.37 Å². The molecule has 1 aliphatic heterocycles. The number of phenols is 1. The smallest absolute Gasteiger partial charge is 0.124 e. The first-order chi connectivity index (χ1) is 11.1. The molecule has 0 bridgehead atoms. The second-order valence-electron chi connectivity index (χ2n) is 5.55. The quantitative estimate of drug-likeness (QED) is 0.885. The van der Waals surface area contributed by atoms with Crippen LogP contribution in [-0.2, 0) is 0 Å². The molecule has 0 fully saturated rings. The van der Waals surface area contributed by atoms with E-state index in [1.54, 1.807) is 11.8 Å². The van der Waals surface area contributed by atoms with Crippen LogP contribution >= 0.6 is 11.8 Å². The number of thioether (sulfide) groups is 1. The molecule has 4 heteroatoms. The third-order valence-corrected chi connectivity index (χ3v) is 5.33.